The molecule has 0 N–H and O–H groups in total. The molecule has 0 bridgehead atoms. The molecule has 0 fully saturated rings. The molecule has 0 amide bonds. The fourth-order valence-electron chi connectivity index (χ4n) is 0.461. The molecule has 0 aliphatic heterocycles. The summed E-state index contributed by atoms with van der Waals surface area (Å²) in [6.45, 7) is 8.71. The Morgan fingerprint density at radius 1 is 1.46 bits per heavy atom. The molecule has 0 aliphatic carbocycles. The van der Waals surface area contributed by atoms with E-state index in [2.05, 4.69) is 0 Å². The second-order valence-corrected chi connectivity index (χ2v) is 3.10. The van der Waals surface area contributed by atoms with Crippen LogP contribution in [-0.2, 0) is 30.8 Å². The summed E-state index contributed by atoms with van der Waals surface area (Å²) in [5.74, 6) is 0. The molecule has 0 aromatic carbocycles. The van der Waals surface area contributed by atoms with E-state index >= 15 is 0 Å². The van der Waals surface area contributed by atoms with Gasteiger partial charge in [-0.3, -0.25) is 6.58 Å². The van der Waals surface area contributed by atoms with Gasteiger partial charge in [0.1, 0.15) is 6.16 Å². The van der Waals surface area contributed by atoms with Crippen molar-refractivity contribution in [3.05, 3.63) is 23.8 Å². The normalized spacial score (nSPS) is 10.8. The Balaban J connectivity index is -0.000000135. The first-order valence-electron chi connectivity index (χ1n) is 2.91. The van der Waals surface area contributed by atoms with E-state index in [-0.39, 0.29) is 57.2 Å². The first-order chi connectivity index (χ1) is 4.57. The van der Waals surface area contributed by atoms with Gasteiger partial charge in [0.05, 0.1) is 0 Å². The smallest absolute Gasteiger partial charge is 1.00 e. The molecule has 0 rings (SSSR count). The number of halogens is 2. The Morgan fingerprint density at radius 2 is 1.85 bits per heavy atom. The maximum absolute atomic E-state index is 10.2. The SMILES string of the molecule is [CH-]=CC(C)=C(C)C[P+](=O)[O-].[Cl-].[Cl-].[Zr+3]. The van der Waals surface area contributed by atoms with Gasteiger partial charge >= 0.3 is 34.2 Å². The summed E-state index contributed by atoms with van der Waals surface area (Å²) in [6, 6.07) is 0. The average Bonchev–Trinajstić information content (AvgIpc) is 1.85. The van der Waals surface area contributed by atoms with Crippen molar-refractivity contribution < 1.29 is 60.5 Å². The van der Waals surface area contributed by atoms with Crippen LogP contribution in [0.25, 0.3) is 0 Å². The molecule has 0 saturated carbocycles. The summed E-state index contributed by atoms with van der Waals surface area (Å²) in [5, 5.41) is 0. The van der Waals surface area contributed by atoms with Gasteiger partial charge in [-0.25, -0.2) is 6.08 Å². The molecule has 0 saturated heterocycles. The van der Waals surface area contributed by atoms with Crippen molar-refractivity contribution in [1.82, 2.24) is 0 Å². The zero-order chi connectivity index (χ0) is 8.15. The molecular weight excluding hydrogens is 309 g/mol. The van der Waals surface area contributed by atoms with Crippen LogP contribution >= 0.6 is 8.03 Å². The Bertz CT molecular complexity index is 195. The number of hydrogen-bond acceptors (Lipinski definition) is 2. The van der Waals surface area contributed by atoms with Gasteiger partial charge in [0.15, 0.2) is 0 Å². The van der Waals surface area contributed by atoms with E-state index in [1.807, 2.05) is 0 Å². The fourth-order valence-corrected chi connectivity index (χ4v) is 1.10. The van der Waals surface area contributed by atoms with E-state index < -0.39 is 8.03 Å². The maximum Gasteiger partial charge on any atom is 3.00 e. The quantitative estimate of drug-likeness (QED) is 0.299. The van der Waals surface area contributed by atoms with Crippen LogP contribution in [0.5, 0.6) is 0 Å². The minimum absolute atomic E-state index is 0. The Kier molecular flexibility index (Phi) is 23.7. The molecule has 1 unspecified atom stereocenters. The molecule has 1 radical (unpaired) electrons. The van der Waals surface area contributed by atoms with E-state index in [9.17, 15) is 9.46 Å². The predicted octanol–water partition coefficient (Wildman–Crippen LogP) is -4.58. The molecular formula is C7H10Cl2O2PZr. The van der Waals surface area contributed by atoms with Crippen molar-refractivity contribution in [2.24, 2.45) is 0 Å². The third-order valence-electron chi connectivity index (χ3n) is 1.29. The summed E-state index contributed by atoms with van der Waals surface area (Å²) in [4.78, 5) is 10.2. The fraction of sp³-hybridized carbons (Fsp3) is 0.429. The van der Waals surface area contributed by atoms with Crippen LogP contribution in [0.4, 0.5) is 0 Å². The van der Waals surface area contributed by atoms with Gasteiger partial charge in [-0.2, -0.15) is 5.57 Å². The van der Waals surface area contributed by atoms with Crippen molar-refractivity contribution in [3.8, 4) is 0 Å². The van der Waals surface area contributed by atoms with Gasteiger partial charge in [-0.15, -0.1) is 12.5 Å². The van der Waals surface area contributed by atoms with Crippen LogP contribution in [0.15, 0.2) is 17.2 Å². The summed E-state index contributed by atoms with van der Waals surface area (Å²) in [6.07, 6.45) is 1.52. The van der Waals surface area contributed by atoms with Gasteiger partial charge in [0.25, 0.3) is 0 Å². The second-order valence-electron chi connectivity index (χ2n) is 2.12. The first-order valence-corrected chi connectivity index (χ1v) is 4.27. The standard InChI is InChI=1S/C7H10O2P.2ClH.Zr/c1-4-6(2)7(3)5-10(8)9;;;/h1,4H,5H2,2-3H3;2*1H;/q-1;;;+3/p-2. The summed E-state index contributed by atoms with van der Waals surface area (Å²) in [5.41, 5.74) is 1.64. The average molecular weight is 319 g/mol. The van der Waals surface area contributed by atoms with Crippen LogP contribution in [-0.4, -0.2) is 6.16 Å². The molecule has 73 valence electrons. The zero-order valence-electron chi connectivity index (χ0n) is 7.38. The van der Waals surface area contributed by atoms with E-state index in [0.717, 1.165) is 11.1 Å². The van der Waals surface area contributed by atoms with E-state index in [4.69, 9.17) is 6.58 Å². The molecule has 0 heterocycles. The number of hydrogen-bond donors (Lipinski definition) is 0. The van der Waals surface area contributed by atoms with Gasteiger partial charge in [-0.05, 0) is 0 Å². The number of rotatable bonds is 3. The monoisotopic (exact) mass is 317 g/mol. The molecule has 0 aromatic heterocycles. The summed E-state index contributed by atoms with van der Waals surface area (Å²) in [7, 11) is -2.31. The minimum Gasteiger partial charge on any atom is -1.00 e. The predicted molar refractivity (Wildman–Crippen MR) is 39.7 cm³/mol. The largest absolute Gasteiger partial charge is 3.00 e. The molecule has 1 atom stereocenters. The van der Waals surface area contributed by atoms with Crippen molar-refractivity contribution in [2.45, 2.75) is 13.8 Å². The Labute approximate surface area is 112 Å². The van der Waals surface area contributed by atoms with Crippen molar-refractivity contribution in [3.63, 3.8) is 0 Å². The number of allylic oxidation sites excluding steroid dienone is 3. The molecule has 13 heavy (non-hydrogen) atoms. The summed E-state index contributed by atoms with van der Waals surface area (Å²) >= 11 is 0. The third-order valence-corrected chi connectivity index (χ3v) is 2.02. The van der Waals surface area contributed by atoms with Crippen LogP contribution < -0.4 is 29.7 Å². The van der Waals surface area contributed by atoms with E-state index in [0.29, 0.717) is 0 Å². The van der Waals surface area contributed by atoms with Crippen LogP contribution in [0, 0.1) is 6.58 Å². The maximum atomic E-state index is 10.2. The van der Waals surface area contributed by atoms with Gasteiger partial charge in [0.2, 0.25) is 0 Å². The minimum atomic E-state index is -2.31. The van der Waals surface area contributed by atoms with Gasteiger partial charge < -0.3 is 29.7 Å². The zero-order valence-corrected chi connectivity index (χ0v) is 12.2. The Hall–Kier alpha value is 1.00. The van der Waals surface area contributed by atoms with Gasteiger partial charge in [0, 0.05) is 0 Å². The second kappa shape index (κ2) is 13.0. The Morgan fingerprint density at radius 3 is 2.08 bits per heavy atom. The third kappa shape index (κ3) is 13.0. The van der Waals surface area contributed by atoms with Crippen molar-refractivity contribution >= 4 is 8.03 Å². The van der Waals surface area contributed by atoms with Crippen LogP contribution in [0.1, 0.15) is 13.8 Å². The molecule has 0 aliphatic rings. The molecule has 0 spiro atoms. The molecule has 6 heteroatoms. The van der Waals surface area contributed by atoms with Gasteiger partial charge in [-0.1, -0.05) is 11.5 Å². The van der Waals surface area contributed by atoms with Crippen molar-refractivity contribution in [1.29, 1.82) is 0 Å². The van der Waals surface area contributed by atoms with Crippen LogP contribution in [0.3, 0.4) is 0 Å². The molecule has 2 nitrogen and oxygen atoms in total. The van der Waals surface area contributed by atoms with Crippen molar-refractivity contribution in [2.75, 3.05) is 6.16 Å². The molecule has 0 aromatic rings. The summed E-state index contributed by atoms with van der Waals surface area (Å²) < 4.78 is 10.2. The van der Waals surface area contributed by atoms with E-state index in [1.54, 1.807) is 13.8 Å². The van der Waals surface area contributed by atoms with E-state index in [1.165, 1.54) is 6.08 Å². The topological polar surface area (TPSA) is 40.1 Å². The first kappa shape index (κ1) is 23.7. The van der Waals surface area contributed by atoms with Crippen LogP contribution in [0.2, 0.25) is 0 Å².